The lowest BCUT2D eigenvalue weighted by Gasteiger charge is -2.57. The maximum atomic E-state index is 15.2. The van der Waals surface area contributed by atoms with E-state index < -0.39 is 0 Å². The van der Waals surface area contributed by atoms with E-state index in [9.17, 15) is 4.79 Å². The Balaban J connectivity index is 1.48. The third kappa shape index (κ3) is 19.0. The van der Waals surface area contributed by atoms with Gasteiger partial charge in [0.05, 0.1) is 0 Å². The van der Waals surface area contributed by atoms with E-state index in [1.807, 2.05) is 0 Å². The summed E-state index contributed by atoms with van der Waals surface area (Å²) < 4.78 is 0. The molecule has 1 heterocycles. The van der Waals surface area contributed by atoms with E-state index in [1.165, 1.54) is 205 Å². The van der Waals surface area contributed by atoms with Gasteiger partial charge < -0.3 is 15.1 Å². The maximum absolute atomic E-state index is 15.2. The number of nitrogens with zero attached hydrogens (tertiary/aromatic N) is 2. The van der Waals surface area contributed by atoms with Gasteiger partial charge in [0.25, 0.3) is 0 Å². The van der Waals surface area contributed by atoms with Gasteiger partial charge in [-0.1, -0.05) is 188 Å². The molecule has 2 unspecified atom stereocenters. The van der Waals surface area contributed by atoms with Crippen molar-refractivity contribution in [2.24, 2.45) is 29.6 Å². The summed E-state index contributed by atoms with van der Waals surface area (Å²) in [5.41, 5.74) is -0.0206. The number of carbonyl (C=O) groups excluding carboxylic acids is 2. The summed E-state index contributed by atoms with van der Waals surface area (Å²) in [4.78, 5) is 35.0. The molecule has 0 aromatic rings. The number of nitrogens with one attached hydrogen (secondary N) is 1. The lowest BCUT2D eigenvalue weighted by molar-refractivity contribution is -0.147. The molecule has 0 spiro atoms. The molecular weight excluding hydrogens is 723 g/mol. The van der Waals surface area contributed by atoms with Gasteiger partial charge in [0, 0.05) is 18.5 Å². The first kappa shape index (κ1) is 50.5. The second-order valence-corrected chi connectivity index (χ2v) is 21.3. The number of piperidine rings is 1. The Morgan fingerprint density at radius 3 is 1.36 bits per heavy atom. The zero-order chi connectivity index (χ0) is 42.0. The molecule has 1 aliphatic heterocycles. The second-order valence-electron chi connectivity index (χ2n) is 21.3. The van der Waals surface area contributed by atoms with Crippen molar-refractivity contribution in [1.29, 1.82) is 0 Å². The van der Waals surface area contributed by atoms with E-state index >= 15 is 4.79 Å². The summed E-state index contributed by atoms with van der Waals surface area (Å²) >= 11 is 0. The fraction of sp³-hybridized carbons (Fsp3) is 0.963. The number of unbranched alkanes of at least 4 members (excludes halogenated alkanes) is 23. The lowest BCUT2D eigenvalue weighted by atomic mass is 9.53. The Kier molecular flexibility index (Phi) is 25.8. The summed E-state index contributed by atoms with van der Waals surface area (Å²) in [6.07, 6.45) is 47.2. The molecule has 2 atom stereocenters. The molecule has 5 nitrogen and oxygen atoms in total. The Hall–Kier alpha value is -1.10. The molecule has 0 aromatic heterocycles. The van der Waals surface area contributed by atoms with Crippen molar-refractivity contribution in [3.63, 3.8) is 0 Å². The van der Waals surface area contributed by atoms with Gasteiger partial charge in [-0.15, -0.1) is 0 Å². The standard InChI is InChI=1S/C54H101N3O2/c1-5-9-12-15-18-21-22-24-27-30-33-46(32-29-26-23-19-16-13-10-6-2)45-57(51(58)34-31-28-25-20-17-14-11-7-3)52(50-35-37-56(8-4)38-36-50)53(59)55-54-42-47-39-48(43-54)41-49(40-47)44-54/h46-50,52H,5-45H2,1-4H3,(H,55,59). The molecule has 5 heteroatoms. The predicted octanol–water partition coefficient (Wildman–Crippen LogP) is 15.0. The highest BCUT2D eigenvalue weighted by Crippen LogP contribution is 2.55. The number of hydrogen-bond acceptors (Lipinski definition) is 3. The first-order valence-corrected chi connectivity index (χ1v) is 27.2. The molecular formula is C54H101N3O2. The number of amides is 2. The monoisotopic (exact) mass is 824 g/mol. The van der Waals surface area contributed by atoms with Crippen LogP contribution in [0.2, 0.25) is 0 Å². The van der Waals surface area contributed by atoms with Crippen LogP contribution in [-0.2, 0) is 9.59 Å². The quantitative estimate of drug-likeness (QED) is 0.0641. The van der Waals surface area contributed by atoms with Crippen molar-refractivity contribution in [3.05, 3.63) is 0 Å². The first-order chi connectivity index (χ1) is 28.9. The minimum atomic E-state index is -0.308. The second kappa shape index (κ2) is 30.1. The van der Waals surface area contributed by atoms with Gasteiger partial charge in [0.2, 0.25) is 11.8 Å². The van der Waals surface area contributed by atoms with E-state index in [1.54, 1.807) is 0 Å². The van der Waals surface area contributed by atoms with Crippen LogP contribution in [-0.4, -0.2) is 59.4 Å². The molecule has 2 amide bonds. The number of rotatable bonds is 36. The summed E-state index contributed by atoms with van der Waals surface area (Å²) in [5, 5.41) is 3.88. The van der Waals surface area contributed by atoms with Crippen LogP contribution in [0.15, 0.2) is 0 Å². The zero-order valence-electron chi connectivity index (χ0n) is 40.2. The lowest BCUT2D eigenvalue weighted by Crippen LogP contribution is -2.64. The van der Waals surface area contributed by atoms with Gasteiger partial charge >= 0.3 is 0 Å². The first-order valence-electron chi connectivity index (χ1n) is 27.2. The van der Waals surface area contributed by atoms with Gasteiger partial charge in [0.15, 0.2) is 0 Å². The van der Waals surface area contributed by atoms with Crippen LogP contribution in [0.25, 0.3) is 0 Å². The van der Waals surface area contributed by atoms with Gasteiger partial charge in [-0.2, -0.15) is 0 Å². The molecule has 4 saturated carbocycles. The van der Waals surface area contributed by atoms with Crippen molar-refractivity contribution >= 4 is 11.8 Å². The summed E-state index contributed by atoms with van der Waals surface area (Å²) in [6.45, 7) is 13.2. The Morgan fingerprint density at radius 2 is 0.949 bits per heavy atom. The van der Waals surface area contributed by atoms with Crippen LogP contribution in [0.1, 0.15) is 265 Å². The van der Waals surface area contributed by atoms with Gasteiger partial charge in [-0.25, -0.2) is 0 Å². The topological polar surface area (TPSA) is 52.7 Å². The van der Waals surface area contributed by atoms with E-state index in [4.69, 9.17) is 0 Å². The summed E-state index contributed by atoms with van der Waals surface area (Å²) in [7, 11) is 0. The van der Waals surface area contributed by atoms with Crippen molar-refractivity contribution in [2.45, 2.75) is 277 Å². The SMILES string of the molecule is CCCCCCCCCCCCC(CCCCCCCCCC)CN(C(=O)CCCCCCCCCC)C(C(=O)NC12CC3CC(CC(C3)C1)C2)C1CCN(CC)CC1. The molecule has 0 radical (unpaired) electrons. The third-order valence-corrected chi connectivity index (χ3v) is 16.0. The highest BCUT2D eigenvalue weighted by atomic mass is 16.2. The average Bonchev–Trinajstić information content (AvgIpc) is 3.22. The Morgan fingerprint density at radius 1 is 0.559 bits per heavy atom. The molecule has 5 aliphatic rings. The molecule has 1 saturated heterocycles. The Labute approximate surface area is 367 Å². The highest BCUT2D eigenvalue weighted by molar-refractivity contribution is 5.88. The molecule has 5 fully saturated rings. The number of likely N-dealkylation sites (tertiary alicyclic amines) is 1. The number of hydrogen-bond donors (Lipinski definition) is 1. The normalized spacial score (nSPS) is 24.1. The van der Waals surface area contributed by atoms with E-state index in [0.29, 0.717) is 18.2 Å². The zero-order valence-corrected chi connectivity index (χ0v) is 40.2. The Bertz CT molecular complexity index is 1050. The van der Waals surface area contributed by atoms with Crippen molar-refractivity contribution in [3.8, 4) is 0 Å². The van der Waals surface area contributed by atoms with Gasteiger partial charge in [-0.3, -0.25) is 9.59 Å². The fourth-order valence-corrected chi connectivity index (χ4v) is 12.8. The molecule has 5 rings (SSSR count). The highest BCUT2D eigenvalue weighted by Gasteiger charge is 2.52. The van der Waals surface area contributed by atoms with E-state index in [0.717, 1.165) is 69.6 Å². The van der Waals surface area contributed by atoms with Crippen LogP contribution in [0.5, 0.6) is 0 Å². The number of carbonyl (C=O) groups is 2. The summed E-state index contributed by atoms with van der Waals surface area (Å²) in [6, 6.07) is -0.308. The smallest absolute Gasteiger partial charge is 0.243 e. The maximum Gasteiger partial charge on any atom is 0.243 e. The van der Waals surface area contributed by atoms with Crippen LogP contribution in [0.3, 0.4) is 0 Å². The molecule has 0 aromatic carbocycles. The largest absolute Gasteiger partial charge is 0.349 e. The average molecular weight is 824 g/mol. The van der Waals surface area contributed by atoms with Crippen LogP contribution in [0, 0.1) is 29.6 Å². The van der Waals surface area contributed by atoms with Crippen molar-refractivity contribution in [2.75, 3.05) is 26.2 Å². The fourth-order valence-electron chi connectivity index (χ4n) is 12.8. The van der Waals surface area contributed by atoms with Crippen LogP contribution >= 0.6 is 0 Å². The molecule has 1 N–H and O–H groups in total. The van der Waals surface area contributed by atoms with Gasteiger partial charge in [-0.05, 0) is 120 Å². The molecule has 4 aliphatic carbocycles. The van der Waals surface area contributed by atoms with E-state index in [-0.39, 0.29) is 23.4 Å². The minimum absolute atomic E-state index is 0.0206. The van der Waals surface area contributed by atoms with E-state index in [2.05, 4.69) is 42.8 Å². The van der Waals surface area contributed by atoms with Crippen LogP contribution < -0.4 is 5.32 Å². The third-order valence-electron chi connectivity index (χ3n) is 16.0. The molecule has 344 valence electrons. The van der Waals surface area contributed by atoms with Crippen molar-refractivity contribution < 1.29 is 9.59 Å². The van der Waals surface area contributed by atoms with Crippen molar-refractivity contribution in [1.82, 2.24) is 15.1 Å². The summed E-state index contributed by atoms with van der Waals surface area (Å²) in [5.74, 6) is 3.67. The molecule has 59 heavy (non-hydrogen) atoms. The predicted molar refractivity (Wildman–Crippen MR) is 254 cm³/mol. The molecule has 4 bridgehead atoms. The van der Waals surface area contributed by atoms with Gasteiger partial charge in [0.1, 0.15) is 6.04 Å². The minimum Gasteiger partial charge on any atom is -0.349 e. The van der Waals surface area contributed by atoms with Crippen LogP contribution in [0.4, 0.5) is 0 Å².